The van der Waals surface area contributed by atoms with Crippen LogP contribution in [0.3, 0.4) is 0 Å². The van der Waals surface area contributed by atoms with Crippen LogP contribution in [0.4, 0.5) is 0 Å². The van der Waals surface area contributed by atoms with E-state index in [9.17, 15) is 4.79 Å². The van der Waals surface area contributed by atoms with Gasteiger partial charge in [0.05, 0.1) is 6.61 Å². The molecule has 1 aromatic rings. The standard InChI is InChI=1S/C12H14O2S/c1-2-9-3-5-10(6-4-9)15-11-7-8-14-12(11)13/h3-6,11H,2,7-8H2,1H3. The van der Waals surface area contributed by atoms with Crippen LogP contribution in [0.2, 0.25) is 0 Å². The van der Waals surface area contributed by atoms with Gasteiger partial charge in [-0.15, -0.1) is 11.8 Å². The predicted octanol–water partition coefficient (Wildman–Crippen LogP) is 2.66. The van der Waals surface area contributed by atoms with E-state index in [4.69, 9.17) is 4.74 Å². The Labute approximate surface area is 94.0 Å². The van der Waals surface area contributed by atoms with Crippen molar-refractivity contribution in [2.75, 3.05) is 6.61 Å². The largest absolute Gasteiger partial charge is 0.465 e. The summed E-state index contributed by atoms with van der Waals surface area (Å²) in [6, 6.07) is 8.38. The molecule has 0 N–H and O–H groups in total. The van der Waals surface area contributed by atoms with Crippen LogP contribution in [0.5, 0.6) is 0 Å². The third-order valence-corrected chi connectivity index (χ3v) is 3.75. The first-order chi connectivity index (χ1) is 7.29. The van der Waals surface area contributed by atoms with Gasteiger partial charge in [-0.25, -0.2) is 0 Å². The summed E-state index contributed by atoms with van der Waals surface area (Å²) in [5.74, 6) is -0.0698. The van der Waals surface area contributed by atoms with Gasteiger partial charge in [-0.05, 0) is 24.1 Å². The predicted molar refractivity (Wildman–Crippen MR) is 61.0 cm³/mol. The van der Waals surface area contributed by atoms with E-state index < -0.39 is 0 Å². The van der Waals surface area contributed by atoms with Crippen molar-refractivity contribution in [3.8, 4) is 0 Å². The molecule has 0 radical (unpaired) electrons. The molecule has 1 aliphatic rings. The number of hydrogen-bond donors (Lipinski definition) is 0. The summed E-state index contributed by atoms with van der Waals surface area (Å²) < 4.78 is 4.92. The number of hydrogen-bond acceptors (Lipinski definition) is 3. The van der Waals surface area contributed by atoms with Gasteiger partial charge in [-0.1, -0.05) is 19.1 Å². The van der Waals surface area contributed by atoms with Crippen LogP contribution >= 0.6 is 11.8 Å². The molecule has 0 spiro atoms. The Morgan fingerprint density at radius 3 is 2.67 bits per heavy atom. The molecule has 0 aliphatic carbocycles. The Hall–Kier alpha value is -0.960. The van der Waals surface area contributed by atoms with Crippen molar-refractivity contribution in [3.05, 3.63) is 29.8 Å². The van der Waals surface area contributed by atoms with Crippen LogP contribution in [-0.4, -0.2) is 17.8 Å². The maximum absolute atomic E-state index is 11.3. The monoisotopic (exact) mass is 222 g/mol. The summed E-state index contributed by atoms with van der Waals surface area (Å²) >= 11 is 1.60. The van der Waals surface area contributed by atoms with Crippen molar-refractivity contribution in [3.63, 3.8) is 0 Å². The van der Waals surface area contributed by atoms with Crippen LogP contribution < -0.4 is 0 Å². The molecule has 15 heavy (non-hydrogen) atoms. The molecule has 2 rings (SSSR count). The van der Waals surface area contributed by atoms with E-state index in [1.165, 1.54) is 5.56 Å². The minimum atomic E-state index is -0.0698. The molecule has 1 aliphatic heterocycles. The Bertz CT molecular complexity index is 345. The number of rotatable bonds is 3. The van der Waals surface area contributed by atoms with Crippen LogP contribution in [0.1, 0.15) is 18.9 Å². The molecule has 0 amide bonds. The summed E-state index contributed by atoms with van der Waals surface area (Å²) in [4.78, 5) is 12.4. The molecular formula is C12H14O2S. The molecule has 3 heteroatoms. The number of aryl methyl sites for hydroxylation is 1. The Kier molecular flexibility index (Phi) is 3.31. The molecule has 1 saturated heterocycles. The molecule has 1 aromatic carbocycles. The van der Waals surface area contributed by atoms with E-state index in [0.717, 1.165) is 17.7 Å². The Morgan fingerprint density at radius 2 is 2.13 bits per heavy atom. The highest BCUT2D eigenvalue weighted by molar-refractivity contribution is 8.00. The molecule has 80 valence electrons. The van der Waals surface area contributed by atoms with Crippen molar-refractivity contribution in [1.29, 1.82) is 0 Å². The zero-order valence-electron chi connectivity index (χ0n) is 8.73. The highest BCUT2D eigenvalue weighted by Crippen LogP contribution is 2.29. The molecule has 0 bridgehead atoms. The van der Waals surface area contributed by atoms with Crippen LogP contribution in [-0.2, 0) is 16.0 Å². The summed E-state index contributed by atoms with van der Waals surface area (Å²) in [7, 11) is 0. The van der Waals surface area contributed by atoms with Crippen molar-refractivity contribution in [1.82, 2.24) is 0 Å². The van der Waals surface area contributed by atoms with E-state index in [1.54, 1.807) is 11.8 Å². The van der Waals surface area contributed by atoms with Gasteiger partial charge in [0.25, 0.3) is 0 Å². The topological polar surface area (TPSA) is 26.3 Å². The van der Waals surface area contributed by atoms with Crippen molar-refractivity contribution < 1.29 is 9.53 Å². The molecule has 1 atom stereocenters. The summed E-state index contributed by atoms with van der Waals surface area (Å²) in [6.07, 6.45) is 1.88. The summed E-state index contributed by atoms with van der Waals surface area (Å²) in [6.45, 7) is 2.71. The fourth-order valence-electron chi connectivity index (χ4n) is 1.55. The lowest BCUT2D eigenvalue weighted by atomic mass is 10.2. The van der Waals surface area contributed by atoms with Gasteiger partial charge in [0.2, 0.25) is 0 Å². The number of carbonyl (C=O) groups excluding carboxylic acids is 1. The van der Waals surface area contributed by atoms with Gasteiger partial charge in [0, 0.05) is 11.3 Å². The van der Waals surface area contributed by atoms with Crippen LogP contribution in [0.15, 0.2) is 29.2 Å². The fraction of sp³-hybridized carbons (Fsp3) is 0.417. The number of esters is 1. The SMILES string of the molecule is CCc1ccc(SC2CCOC2=O)cc1. The number of cyclic esters (lactones) is 1. The molecule has 0 saturated carbocycles. The lowest BCUT2D eigenvalue weighted by Crippen LogP contribution is -2.08. The Morgan fingerprint density at radius 1 is 1.40 bits per heavy atom. The van der Waals surface area contributed by atoms with Gasteiger partial charge >= 0.3 is 5.97 Å². The first kappa shape index (κ1) is 10.6. The van der Waals surface area contributed by atoms with Gasteiger partial charge in [-0.3, -0.25) is 4.79 Å². The maximum atomic E-state index is 11.3. The summed E-state index contributed by atoms with van der Waals surface area (Å²) in [5.41, 5.74) is 1.33. The van der Waals surface area contributed by atoms with Crippen molar-refractivity contribution in [2.45, 2.75) is 29.9 Å². The zero-order valence-corrected chi connectivity index (χ0v) is 9.55. The highest BCUT2D eigenvalue weighted by Gasteiger charge is 2.27. The van der Waals surface area contributed by atoms with Gasteiger partial charge in [0.15, 0.2) is 0 Å². The van der Waals surface area contributed by atoms with E-state index in [2.05, 4.69) is 31.2 Å². The van der Waals surface area contributed by atoms with Gasteiger partial charge in [-0.2, -0.15) is 0 Å². The first-order valence-corrected chi connectivity index (χ1v) is 6.10. The first-order valence-electron chi connectivity index (χ1n) is 5.22. The number of ether oxygens (including phenoxy) is 1. The number of benzene rings is 1. The second kappa shape index (κ2) is 4.71. The molecular weight excluding hydrogens is 208 g/mol. The maximum Gasteiger partial charge on any atom is 0.319 e. The molecule has 1 fully saturated rings. The van der Waals surface area contributed by atoms with Crippen LogP contribution in [0, 0.1) is 0 Å². The Balaban J connectivity index is 2.01. The lowest BCUT2D eigenvalue weighted by molar-refractivity contribution is -0.137. The minimum absolute atomic E-state index is 0.00234. The molecule has 1 unspecified atom stereocenters. The third kappa shape index (κ3) is 2.53. The van der Waals surface area contributed by atoms with E-state index in [1.807, 2.05) is 0 Å². The van der Waals surface area contributed by atoms with Crippen molar-refractivity contribution >= 4 is 17.7 Å². The van der Waals surface area contributed by atoms with E-state index in [-0.39, 0.29) is 11.2 Å². The average molecular weight is 222 g/mol. The second-order valence-corrected chi connectivity index (χ2v) is 4.84. The summed E-state index contributed by atoms with van der Waals surface area (Å²) in [5, 5.41) is -0.00234. The fourth-order valence-corrected chi connectivity index (χ4v) is 2.55. The lowest BCUT2D eigenvalue weighted by Gasteiger charge is -2.05. The number of carbonyl (C=O) groups is 1. The van der Waals surface area contributed by atoms with Crippen molar-refractivity contribution in [2.24, 2.45) is 0 Å². The van der Waals surface area contributed by atoms with Gasteiger partial charge in [0.1, 0.15) is 5.25 Å². The zero-order chi connectivity index (χ0) is 10.7. The molecule has 0 aromatic heterocycles. The van der Waals surface area contributed by atoms with E-state index >= 15 is 0 Å². The third-order valence-electron chi connectivity index (χ3n) is 2.50. The molecule has 2 nitrogen and oxygen atoms in total. The number of thioether (sulfide) groups is 1. The quantitative estimate of drug-likeness (QED) is 0.735. The normalized spacial score (nSPS) is 20.3. The van der Waals surface area contributed by atoms with Crippen LogP contribution in [0.25, 0.3) is 0 Å². The molecule has 1 heterocycles. The van der Waals surface area contributed by atoms with E-state index in [0.29, 0.717) is 6.61 Å². The minimum Gasteiger partial charge on any atom is -0.465 e. The average Bonchev–Trinajstić information content (AvgIpc) is 2.66. The smallest absolute Gasteiger partial charge is 0.319 e. The second-order valence-electron chi connectivity index (χ2n) is 3.56. The highest BCUT2D eigenvalue weighted by atomic mass is 32.2. The van der Waals surface area contributed by atoms with Gasteiger partial charge < -0.3 is 4.74 Å².